The molecule has 0 aliphatic carbocycles. The van der Waals surface area contributed by atoms with E-state index in [1.165, 1.54) is 15.9 Å². The lowest BCUT2D eigenvalue weighted by molar-refractivity contribution is -0.0390. The van der Waals surface area contributed by atoms with E-state index < -0.39 is 23.9 Å². The first-order valence-electron chi connectivity index (χ1n) is 12.1. The average Bonchev–Trinajstić information content (AvgIpc) is 2.86. The number of amides is 2. The van der Waals surface area contributed by atoms with E-state index in [2.05, 4.69) is 6.58 Å². The van der Waals surface area contributed by atoms with Crippen molar-refractivity contribution in [2.24, 2.45) is 0 Å². The molecule has 0 aliphatic heterocycles. The third kappa shape index (κ3) is 15.0. The Balaban J connectivity index is 2.65. The molecule has 214 valence electrons. The molecule has 0 fully saturated rings. The quantitative estimate of drug-likeness (QED) is 0.132. The molecule has 0 aromatic heterocycles. The fourth-order valence-electron chi connectivity index (χ4n) is 2.69. The number of hydrogen-bond acceptors (Lipinski definition) is 10. The minimum absolute atomic E-state index is 0.0117. The maximum absolute atomic E-state index is 12.9. The Morgan fingerprint density at radius 1 is 0.921 bits per heavy atom. The molecule has 0 saturated carbocycles. The van der Waals surface area contributed by atoms with Crippen molar-refractivity contribution in [3.63, 3.8) is 0 Å². The van der Waals surface area contributed by atoms with Crippen LogP contribution >= 0.6 is 0 Å². The zero-order chi connectivity index (χ0) is 28.4. The summed E-state index contributed by atoms with van der Waals surface area (Å²) in [5.74, 6) is 0.350. The Hall–Kier alpha value is -3.35. The smallest absolute Gasteiger partial charge is 0.444 e. The van der Waals surface area contributed by atoms with Crippen molar-refractivity contribution in [2.45, 2.75) is 33.0 Å². The van der Waals surface area contributed by atoms with Crippen molar-refractivity contribution < 1.29 is 47.5 Å². The van der Waals surface area contributed by atoms with E-state index in [1.54, 1.807) is 59.2 Å². The van der Waals surface area contributed by atoms with Crippen molar-refractivity contribution in [3.8, 4) is 5.75 Å². The fraction of sp³-hybridized carbons (Fsp3) is 0.577. The van der Waals surface area contributed by atoms with Gasteiger partial charge in [-0.3, -0.25) is 0 Å². The summed E-state index contributed by atoms with van der Waals surface area (Å²) in [6, 6.07) is 6.88. The van der Waals surface area contributed by atoms with Crippen molar-refractivity contribution in [3.05, 3.63) is 42.5 Å². The van der Waals surface area contributed by atoms with Gasteiger partial charge in [-0.2, -0.15) is 0 Å². The van der Waals surface area contributed by atoms with E-state index in [0.717, 1.165) is 5.56 Å². The van der Waals surface area contributed by atoms with Crippen LogP contribution in [0.2, 0.25) is 0 Å². The summed E-state index contributed by atoms with van der Waals surface area (Å²) < 4.78 is 36.0. The summed E-state index contributed by atoms with van der Waals surface area (Å²) >= 11 is 0. The van der Waals surface area contributed by atoms with Crippen molar-refractivity contribution in [1.29, 1.82) is 0 Å². The average molecular weight is 541 g/mol. The van der Waals surface area contributed by atoms with Gasteiger partial charge < -0.3 is 43.0 Å². The largest absolute Gasteiger partial charge is 0.508 e. The molecule has 1 aromatic carbocycles. The Bertz CT molecular complexity index is 855. The van der Waals surface area contributed by atoms with E-state index >= 15 is 0 Å². The van der Waals surface area contributed by atoms with Crippen LogP contribution in [0, 0.1) is 0 Å². The Morgan fingerprint density at radius 3 is 2.26 bits per heavy atom. The minimum Gasteiger partial charge on any atom is -0.444 e. The van der Waals surface area contributed by atoms with Crippen LogP contribution in [-0.2, 0) is 35.0 Å². The second kappa shape index (κ2) is 18.0. The molecule has 0 bridgehead atoms. The lowest BCUT2D eigenvalue weighted by atomic mass is 10.2. The number of methoxy groups -OCH3 is 1. The zero-order valence-corrected chi connectivity index (χ0v) is 22.9. The molecule has 0 spiro atoms. The number of carbonyl (C=O) groups is 3. The van der Waals surface area contributed by atoms with Gasteiger partial charge in [0.25, 0.3) is 0 Å². The molecule has 12 heteroatoms. The van der Waals surface area contributed by atoms with E-state index in [-0.39, 0.29) is 52.9 Å². The molecular weight excluding hydrogens is 500 g/mol. The van der Waals surface area contributed by atoms with Gasteiger partial charge >= 0.3 is 18.3 Å². The topological polar surface area (TPSA) is 122 Å². The summed E-state index contributed by atoms with van der Waals surface area (Å²) in [5, 5.41) is 0. The number of ether oxygens (including phenoxy) is 7. The van der Waals surface area contributed by atoms with Gasteiger partial charge in [-0.25, -0.2) is 14.4 Å². The van der Waals surface area contributed by atoms with Gasteiger partial charge in [0.1, 0.15) is 31.4 Å². The van der Waals surface area contributed by atoms with Crippen LogP contribution in [-0.4, -0.2) is 101 Å². The van der Waals surface area contributed by atoms with Gasteiger partial charge in [0.2, 0.25) is 0 Å². The highest BCUT2D eigenvalue weighted by Crippen LogP contribution is 2.15. The van der Waals surface area contributed by atoms with Gasteiger partial charge in [-0.05, 0) is 38.5 Å². The lowest BCUT2D eigenvalue weighted by Gasteiger charge is -2.27. The molecule has 0 aliphatic rings. The third-order valence-electron chi connectivity index (χ3n) is 4.54. The molecule has 0 heterocycles. The number of rotatable bonds is 16. The number of nitrogens with zero attached hydrogens (tertiary/aromatic N) is 2. The SMILES string of the molecule is C=CCOC(=O)OCCOCCN(CCN(C)C(=O)OC(C)(C)C)C(=O)Oc1ccc(COCOC)cc1. The highest BCUT2D eigenvalue weighted by Gasteiger charge is 2.22. The van der Waals surface area contributed by atoms with E-state index in [9.17, 15) is 14.4 Å². The molecule has 38 heavy (non-hydrogen) atoms. The van der Waals surface area contributed by atoms with Crippen LogP contribution in [0.15, 0.2) is 36.9 Å². The van der Waals surface area contributed by atoms with Crippen LogP contribution < -0.4 is 4.74 Å². The van der Waals surface area contributed by atoms with E-state index in [4.69, 9.17) is 33.2 Å². The molecular formula is C26H40N2O10. The van der Waals surface area contributed by atoms with Gasteiger partial charge in [0, 0.05) is 33.8 Å². The summed E-state index contributed by atoms with van der Waals surface area (Å²) in [7, 11) is 3.13. The Labute approximate surface area is 224 Å². The first kappa shape index (κ1) is 32.7. The number of benzene rings is 1. The Morgan fingerprint density at radius 2 is 1.63 bits per heavy atom. The predicted molar refractivity (Wildman–Crippen MR) is 138 cm³/mol. The van der Waals surface area contributed by atoms with Gasteiger partial charge in [0.05, 0.1) is 19.8 Å². The third-order valence-corrected chi connectivity index (χ3v) is 4.54. The molecule has 0 atom stereocenters. The van der Waals surface area contributed by atoms with Crippen molar-refractivity contribution in [1.82, 2.24) is 9.80 Å². The van der Waals surface area contributed by atoms with Crippen molar-refractivity contribution in [2.75, 3.05) is 67.0 Å². The van der Waals surface area contributed by atoms with Gasteiger partial charge in [-0.1, -0.05) is 24.8 Å². The molecule has 2 amide bonds. The zero-order valence-electron chi connectivity index (χ0n) is 22.9. The predicted octanol–water partition coefficient (Wildman–Crippen LogP) is 3.83. The highest BCUT2D eigenvalue weighted by molar-refractivity contribution is 5.71. The Kier molecular flexibility index (Phi) is 15.5. The second-order valence-corrected chi connectivity index (χ2v) is 8.97. The summed E-state index contributed by atoms with van der Waals surface area (Å²) in [4.78, 5) is 39.3. The van der Waals surface area contributed by atoms with Crippen LogP contribution in [0.25, 0.3) is 0 Å². The fourth-order valence-corrected chi connectivity index (χ4v) is 2.69. The monoisotopic (exact) mass is 540 g/mol. The van der Waals surface area contributed by atoms with Gasteiger partial charge in [0.15, 0.2) is 0 Å². The van der Waals surface area contributed by atoms with Crippen LogP contribution in [0.1, 0.15) is 26.3 Å². The maximum atomic E-state index is 12.9. The standard InChI is InChI=1S/C26H40N2O10/c1-7-15-35-25(31)36-18-17-33-16-14-28(13-12-27(5)23(29)38-26(2,3)4)24(30)37-22-10-8-21(9-11-22)19-34-20-32-6/h7-11H,1,12-20H2,2-6H3. The van der Waals surface area contributed by atoms with Crippen molar-refractivity contribution >= 4 is 18.3 Å². The first-order valence-corrected chi connectivity index (χ1v) is 12.1. The van der Waals surface area contributed by atoms with Crippen LogP contribution in [0.5, 0.6) is 5.75 Å². The summed E-state index contributed by atoms with van der Waals surface area (Å²) in [6.45, 7) is 10.1. The summed E-state index contributed by atoms with van der Waals surface area (Å²) in [5.41, 5.74) is 0.250. The molecule has 1 aromatic rings. The van der Waals surface area contributed by atoms with Crippen LogP contribution in [0.4, 0.5) is 14.4 Å². The summed E-state index contributed by atoms with van der Waals surface area (Å²) in [6.07, 6.45) is -0.509. The molecule has 0 radical (unpaired) electrons. The van der Waals surface area contributed by atoms with E-state index in [0.29, 0.717) is 12.4 Å². The molecule has 1 rings (SSSR count). The molecule has 0 saturated heterocycles. The maximum Gasteiger partial charge on any atom is 0.508 e. The number of hydrogen-bond donors (Lipinski definition) is 0. The highest BCUT2D eigenvalue weighted by atomic mass is 16.7. The molecule has 0 unspecified atom stereocenters. The number of likely N-dealkylation sites (N-methyl/N-ethyl adjacent to an activating group) is 1. The van der Waals surface area contributed by atoms with E-state index in [1.807, 2.05) is 0 Å². The van der Waals surface area contributed by atoms with Gasteiger partial charge in [-0.15, -0.1) is 0 Å². The minimum atomic E-state index is -0.819. The second-order valence-electron chi connectivity index (χ2n) is 8.97. The molecule has 12 nitrogen and oxygen atoms in total. The van der Waals surface area contributed by atoms with Crippen LogP contribution in [0.3, 0.4) is 0 Å². The molecule has 0 N–H and O–H groups in total. The normalized spacial score (nSPS) is 10.9. The first-order chi connectivity index (χ1) is 18.1. The lowest BCUT2D eigenvalue weighted by Crippen LogP contribution is -2.43. The number of carbonyl (C=O) groups excluding carboxylic acids is 3.